The van der Waals surface area contributed by atoms with Gasteiger partial charge in [0.05, 0.1) is 31.7 Å². The van der Waals surface area contributed by atoms with E-state index in [-0.39, 0.29) is 0 Å². The van der Waals surface area contributed by atoms with Gasteiger partial charge in [-0.05, 0) is 22.8 Å². The average Bonchev–Trinajstić information content (AvgIpc) is 3.14. The van der Waals surface area contributed by atoms with Gasteiger partial charge in [-0.1, -0.05) is 18.2 Å². The lowest BCUT2D eigenvalue weighted by Gasteiger charge is -2.06. The fourth-order valence-corrected chi connectivity index (χ4v) is 2.11. The van der Waals surface area contributed by atoms with Crippen molar-refractivity contribution in [3.8, 4) is 0 Å². The molecule has 0 spiro atoms. The normalized spacial score (nSPS) is 26.4. The molecule has 1 aromatic carbocycles. The van der Waals surface area contributed by atoms with Gasteiger partial charge in [-0.2, -0.15) is 0 Å². The predicted molar refractivity (Wildman–Crippen MR) is 65.0 cm³/mol. The third-order valence-electron chi connectivity index (χ3n) is 3.07. The van der Waals surface area contributed by atoms with Crippen LogP contribution in [-0.4, -0.2) is 30.5 Å². The number of hydrogen-bond acceptors (Lipinski definition) is 3. The first kappa shape index (κ1) is 10.8. The molecule has 2 unspecified atom stereocenters. The summed E-state index contributed by atoms with van der Waals surface area (Å²) in [6, 6.07) is 6.43. The summed E-state index contributed by atoms with van der Waals surface area (Å²) in [5, 5.41) is 8.86. The van der Waals surface area contributed by atoms with E-state index >= 15 is 0 Å². The molecule has 0 saturated carbocycles. The second-order valence-corrected chi connectivity index (χ2v) is 4.72. The van der Waals surface area contributed by atoms with E-state index in [1.54, 1.807) is 6.08 Å². The molecule has 1 aromatic rings. The Balaban J connectivity index is 1.81. The van der Waals surface area contributed by atoms with Gasteiger partial charge in [-0.3, -0.25) is 0 Å². The topological polar surface area (TPSA) is 45.3 Å². The van der Waals surface area contributed by atoms with Crippen molar-refractivity contribution in [3.05, 3.63) is 41.2 Å². The minimum absolute atomic E-state index is 0.397. The van der Waals surface area contributed by atoms with Crippen molar-refractivity contribution >= 4 is 6.08 Å². The van der Waals surface area contributed by atoms with Crippen LogP contribution in [0.4, 0.5) is 0 Å². The van der Waals surface area contributed by atoms with Gasteiger partial charge in [0.2, 0.25) is 0 Å². The molecule has 3 nitrogen and oxygen atoms in total. The Bertz CT molecular complexity index is 399. The highest BCUT2D eigenvalue weighted by Gasteiger charge is 2.25. The summed E-state index contributed by atoms with van der Waals surface area (Å²) in [5.74, 6) is 0. The van der Waals surface area contributed by atoms with Crippen LogP contribution in [-0.2, 0) is 22.3 Å². The van der Waals surface area contributed by atoms with Crippen molar-refractivity contribution < 1.29 is 14.6 Å². The van der Waals surface area contributed by atoms with Gasteiger partial charge in [0.15, 0.2) is 0 Å². The molecular formula is C14H16O3. The molecule has 90 valence electrons. The Morgan fingerprint density at radius 3 is 2.00 bits per heavy atom. The van der Waals surface area contributed by atoms with E-state index in [0.29, 0.717) is 12.2 Å². The third kappa shape index (κ3) is 3.08. The Kier molecular flexibility index (Phi) is 2.87. The van der Waals surface area contributed by atoms with Crippen LogP contribution in [0.15, 0.2) is 24.5 Å². The second-order valence-electron chi connectivity index (χ2n) is 4.72. The van der Waals surface area contributed by atoms with Gasteiger partial charge >= 0.3 is 0 Å². The summed E-state index contributed by atoms with van der Waals surface area (Å²) in [4.78, 5) is 0. The lowest BCUT2D eigenvalue weighted by atomic mass is 10.00. The van der Waals surface area contributed by atoms with Crippen LogP contribution >= 0.6 is 0 Å². The van der Waals surface area contributed by atoms with Crippen molar-refractivity contribution in [1.29, 1.82) is 0 Å². The average molecular weight is 232 g/mol. The molecule has 0 aliphatic carbocycles. The summed E-state index contributed by atoms with van der Waals surface area (Å²) in [6.45, 7) is 1.75. The molecule has 2 atom stereocenters. The maximum absolute atomic E-state index is 8.86. The largest absolute Gasteiger partial charge is 0.516 e. The van der Waals surface area contributed by atoms with Crippen LogP contribution in [0.5, 0.6) is 0 Å². The fraction of sp³-hybridized carbons (Fsp3) is 0.429. The smallest absolute Gasteiger partial charge is 0.0850 e. The van der Waals surface area contributed by atoms with Crippen LogP contribution in [0.3, 0.4) is 0 Å². The highest BCUT2D eigenvalue weighted by molar-refractivity contribution is 5.51. The van der Waals surface area contributed by atoms with Crippen LogP contribution < -0.4 is 0 Å². The van der Waals surface area contributed by atoms with E-state index in [4.69, 9.17) is 14.6 Å². The number of benzene rings is 1. The minimum Gasteiger partial charge on any atom is -0.516 e. The van der Waals surface area contributed by atoms with Gasteiger partial charge in [-0.25, -0.2) is 0 Å². The molecule has 2 fully saturated rings. The van der Waals surface area contributed by atoms with Crippen molar-refractivity contribution in [2.75, 3.05) is 13.2 Å². The maximum atomic E-state index is 8.86. The van der Waals surface area contributed by atoms with Crippen molar-refractivity contribution in [2.24, 2.45) is 0 Å². The SMILES string of the molecule is OC=Cc1cc(CC2CO2)cc(CC2CO2)c1. The standard InChI is InChI=1S/C14H16O3/c15-2-1-10-3-11(6-13-8-16-13)5-12(4-10)7-14-9-17-14/h1-5,13-15H,6-9H2. The molecule has 2 saturated heterocycles. The van der Waals surface area contributed by atoms with Crippen LogP contribution in [0.25, 0.3) is 6.08 Å². The van der Waals surface area contributed by atoms with E-state index in [0.717, 1.165) is 37.9 Å². The third-order valence-corrected chi connectivity index (χ3v) is 3.07. The Morgan fingerprint density at radius 2 is 1.59 bits per heavy atom. The Labute approximate surface area is 101 Å². The van der Waals surface area contributed by atoms with E-state index in [1.165, 1.54) is 11.1 Å². The lowest BCUT2D eigenvalue weighted by molar-refractivity contribution is 0.406. The van der Waals surface area contributed by atoms with Crippen molar-refractivity contribution in [1.82, 2.24) is 0 Å². The Hall–Kier alpha value is -1.32. The fourth-order valence-electron chi connectivity index (χ4n) is 2.11. The molecule has 2 aliphatic heterocycles. The second kappa shape index (κ2) is 4.51. The first-order valence-electron chi connectivity index (χ1n) is 6.00. The molecule has 17 heavy (non-hydrogen) atoms. The summed E-state index contributed by atoms with van der Waals surface area (Å²) in [7, 11) is 0. The summed E-state index contributed by atoms with van der Waals surface area (Å²) >= 11 is 0. The molecule has 0 radical (unpaired) electrons. The predicted octanol–water partition coefficient (Wildman–Crippen LogP) is 2.10. The molecule has 3 heteroatoms. The van der Waals surface area contributed by atoms with E-state index in [9.17, 15) is 0 Å². The number of hydrogen-bond donors (Lipinski definition) is 1. The molecule has 0 amide bonds. The quantitative estimate of drug-likeness (QED) is 0.624. The zero-order valence-electron chi connectivity index (χ0n) is 9.63. The maximum Gasteiger partial charge on any atom is 0.0850 e. The molecule has 0 aromatic heterocycles. The monoisotopic (exact) mass is 232 g/mol. The highest BCUT2D eigenvalue weighted by Crippen LogP contribution is 2.22. The van der Waals surface area contributed by atoms with Gasteiger partial charge in [0.1, 0.15) is 0 Å². The van der Waals surface area contributed by atoms with Crippen molar-refractivity contribution in [2.45, 2.75) is 25.0 Å². The molecule has 0 bridgehead atoms. The number of aliphatic hydroxyl groups excluding tert-OH is 1. The Morgan fingerprint density at radius 1 is 1.06 bits per heavy atom. The van der Waals surface area contributed by atoms with Crippen LogP contribution in [0.1, 0.15) is 16.7 Å². The van der Waals surface area contributed by atoms with Gasteiger partial charge in [0.25, 0.3) is 0 Å². The minimum atomic E-state index is 0.397. The van der Waals surface area contributed by atoms with E-state index in [1.807, 2.05) is 0 Å². The number of rotatable bonds is 5. The molecule has 2 aliphatic rings. The van der Waals surface area contributed by atoms with Gasteiger partial charge in [-0.15, -0.1) is 0 Å². The molecule has 1 N–H and O–H groups in total. The van der Waals surface area contributed by atoms with Crippen LogP contribution in [0, 0.1) is 0 Å². The van der Waals surface area contributed by atoms with Crippen LogP contribution in [0.2, 0.25) is 0 Å². The number of ether oxygens (including phenoxy) is 2. The summed E-state index contributed by atoms with van der Waals surface area (Å²) < 4.78 is 10.5. The van der Waals surface area contributed by atoms with E-state index in [2.05, 4.69) is 18.2 Å². The van der Waals surface area contributed by atoms with Crippen molar-refractivity contribution in [3.63, 3.8) is 0 Å². The zero-order valence-corrected chi connectivity index (χ0v) is 9.63. The molecular weight excluding hydrogens is 216 g/mol. The number of epoxide rings is 2. The highest BCUT2D eigenvalue weighted by atomic mass is 16.6. The van der Waals surface area contributed by atoms with Gasteiger partial charge in [0, 0.05) is 12.8 Å². The summed E-state index contributed by atoms with van der Waals surface area (Å²) in [6.07, 6.45) is 5.53. The summed E-state index contributed by atoms with van der Waals surface area (Å²) in [5.41, 5.74) is 3.60. The zero-order chi connectivity index (χ0) is 11.7. The number of aliphatic hydroxyl groups is 1. The molecule has 3 rings (SSSR count). The molecule has 2 heterocycles. The van der Waals surface area contributed by atoms with Gasteiger partial charge < -0.3 is 14.6 Å². The first-order chi connectivity index (χ1) is 8.33. The van der Waals surface area contributed by atoms with E-state index < -0.39 is 0 Å². The lowest BCUT2D eigenvalue weighted by Crippen LogP contribution is -1.99. The first-order valence-corrected chi connectivity index (χ1v) is 6.00.